The van der Waals surface area contributed by atoms with Crippen molar-refractivity contribution < 1.29 is 24.4 Å². The molecule has 2 heterocycles. The van der Waals surface area contributed by atoms with Gasteiger partial charge >= 0.3 is 5.69 Å². The van der Waals surface area contributed by atoms with Crippen LogP contribution in [0.3, 0.4) is 0 Å². The van der Waals surface area contributed by atoms with E-state index in [4.69, 9.17) is 10.5 Å². The number of nitrogens with two attached hydrogens (primary N) is 1. The molecule has 1 fully saturated rings. The van der Waals surface area contributed by atoms with Crippen LogP contribution in [0.5, 0.6) is 0 Å². The monoisotopic (exact) mass is 261 g/mol. The van der Waals surface area contributed by atoms with E-state index in [0.717, 1.165) is 6.20 Å². The second-order valence-electron chi connectivity index (χ2n) is 3.94. The number of aliphatic hydroxyl groups excluding tert-OH is 3. The predicted octanol–water partition coefficient (Wildman–Crippen LogP) is -2.42. The molecular weight excluding hydrogens is 249 g/mol. The van der Waals surface area contributed by atoms with Gasteiger partial charge in [-0.05, 0) is 0 Å². The average molecular weight is 261 g/mol. The van der Waals surface area contributed by atoms with Crippen LogP contribution in [0.2, 0.25) is 0 Å². The zero-order valence-corrected chi connectivity index (χ0v) is 9.10. The van der Waals surface area contributed by atoms with Crippen molar-refractivity contribution in [3.05, 3.63) is 22.5 Å². The fraction of sp³-hybridized carbons (Fsp3) is 0.556. The summed E-state index contributed by atoms with van der Waals surface area (Å²) in [5.41, 5.74) is 4.18. The molecule has 5 N–H and O–H groups in total. The van der Waals surface area contributed by atoms with Crippen LogP contribution in [-0.2, 0) is 4.74 Å². The molecule has 0 bridgehead atoms. The molecule has 9 heteroatoms. The molecule has 8 nitrogen and oxygen atoms in total. The number of nitrogen functional groups attached to an aromatic ring is 1. The molecule has 100 valence electrons. The highest BCUT2D eigenvalue weighted by Crippen LogP contribution is 2.23. The van der Waals surface area contributed by atoms with Crippen LogP contribution in [0.15, 0.2) is 11.0 Å². The Labute approximate surface area is 100 Å². The van der Waals surface area contributed by atoms with Gasteiger partial charge in [-0.15, -0.1) is 0 Å². The van der Waals surface area contributed by atoms with Gasteiger partial charge in [0.25, 0.3) is 0 Å². The minimum Gasteiger partial charge on any atom is -0.388 e. The van der Waals surface area contributed by atoms with Crippen molar-refractivity contribution in [1.82, 2.24) is 9.55 Å². The molecule has 0 saturated carbocycles. The lowest BCUT2D eigenvalue weighted by molar-refractivity contribution is -0.212. The first-order valence-electron chi connectivity index (χ1n) is 5.11. The molecule has 0 spiro atoms. The Morgan fingerprint density at radius 1 is 1.44 bits per heavy atom. The molecule has 0 aliphatic carbocycles. The van der Waals surface area contributed by atoms with E-state index < -0.39 is 41.9 Å². The summed E-state index contributed by atoms with van der Waals surface area (Å²) in [7, 11) is 0. The third kappa shape index (κ3) is 2.08. The maximum Gasteiger partial charge on any atom is 0.351 e. The Bertz CT molecular complexity index is 507. The zero-order chi connectivity index (χ0) is 13.4. The molecule has 1 unspecified atom stereocenters. The van der Waals surface area contributed by atoms with E-state index in [1.54, 1.807) is 0 Å². The summed E-state index contributed by atoms with van der Waals surface area (Å²) in [5.74, 6) is -1.52. The van der Waals surface area contributed by atoms with Gasteiger partial charge in [-0.2, -0.15) is 4.98 Å². The third-order valence-electron chi connectivity index (χ3n) is 2.68. The first-order chi connectivity index (χ1) is 8.41. The molecule has 4 atom stereocenters. The minimum atomic E-state index is -1.59. The fourth-order valence-electron chi connectivity index (χ4n) is 1.68. The van der Waals surface area contributed by atoms with Crippen molar-refractivity contribution in [1.29, 1.82) is 0 Å². The van der Waals surface area contributed by atoms with Gasteiger partial charge in [0.1, 0.15) is 18.3 Å². The van der Waals surface area contributed by atoms with Crippen molar-refractivity contribution >= 4 is 5.82 Å². The molecule has 18 heavy (non-hydrogen) atoms. The lowest BCUT2D eigenvalue weighted by atomic mass is 10.0. The highest BCUT2D eigenvalue weighted by molar-refractivity contribution is 5.26. The number of halogens is 1. The van der Waals surface area contributed by atoms with Gasteiger partial charge in [0, 0.05) is 0 Å². The van der Waals surface area contributed by atoms with Crippen molar-refractivity contribution in [2.75, 3.05) is 12.3 Å². The van der Waals surface area contributed by atoms with Gasteiger partial charge in [0.15, 0.2) is 17.9 Å². The number of rotatable bonds is 1. The fourth-order valence-corrected chi connectivity index (χ4v) is 1.68. The SMILES string of the molecule is Nc1nc(=O)n(C2OC[C@@H](O)[C@@H](O)[C@@H]2O)cc1F. The van der Waals surface area contributed by atoms with E-state index in [1.165, 1.54) is 0 Å². The molecule has 0 aromatic carbocycles. The van der Waals surface area contributed by atoms with E-state index in [9.17, 15) is 24.5 Å². The molecule has 0 amide bonds. The Hall–Kier alpha value is -1.55. The van der Waals surface area contributed by atoms with Crippen LogP contribution >= 0.6 is 0 Å². The summed E-state index contributed by atoms with van der Waals surface area (Å²) in [6.07, 6.45) is -4.98. The molecule has 1 saturated heterocycles. The summed E-state index contributed by atoms with van der Waals surface area (Å²) in [6.45, 7) is -0.304. The quantitative estimate of drug-likeness (QED) is 0.442. The Morgan fingerprint density at radius 2 is 2.11 bits per heavy atom. The number of nitrogens with zero attached hydrogens (tertiary/aromatic N) is 2. The summed E-state index contributed by atoms with van der Waals surface area (Å²) >= 11 is 0. The van der Waals surface area contributed by atoms with Gasteiger partial charge in [0.05, 0.1) is 12.8 Å². The molecule has 1 aromatic heterocycles. The maximum absolute atomic E-state index is 13.2. The maximum atomic E-state index is 13.2. The standard InChI is InChI=1S/C9H12FN3O5/c10-3-1-13(9(17)12-7(3)11)8-6(16)5(15)4(14)2-18-8/h1,4-6,8,14-16H,2H2,(H2,11,12,17)/t4-,5-,6+,8?/m1/s1. The highest BCUT2D eigenvalue weighted by Gasteiger charge is 2.39. The summed E-state index contributed by atoms with van der Waals surface area (Å²) < 4.78 is 18.9. The number of hydrogen-bond donors (Lipinski definition) is 4. The van der Waals surface area contributed by atoms with E-state index in [1.807, 2.05) is 0 Å². The minimum absolute atomic E-state index is 0.304. The van der Waals surface area contributed by atoms with E-state index in [2.05, 4.69) is 4.98 Å². The molecule has 0 radical (unpaired) electrons. The summed E-state index contributed by atoms with van der Waals surface area (Å²) in [6, 6.07) is 0. The third-order valence-corrected chi connectivity index (χ3v) is 2.68. The lowest BCUT2D eigenvalue weighted by Crippen LogP contribution is -2.52. The second kappa shape index (κ2) is 4.61. The molecule has 2 rings (SSSR count). The number of anilines is 1. The molecule has 1 aliphatic rings. The number of hydrogen-bond acceptors (Lipinski definition) is 7. The van der Waals surface area contributed by atoms with Crippen LogP contribution in [0, 0.1) is 5.82 Å². The van der Waals surface area contributed by atoms with Gasteiger partial charge in [-0.3, -0.25) is 4.57 Å². The van der Waals surface area contributed by atoms with E-state index in [-0.39, 0.29) is 6.61 Å². The zero-order valence-electron chi connectivity index (χ0n) is 9.10. The van der Waals surface area contributed by atoms with Crippen LogP contribution < -0.4 is 11.4 Å². The van der Waals surface area contributed by atoms with Crippen molar-refractivity contribution in [2.24, 2.45) is 0 Å². The van der Waals surface area contributed by atoms with E-state index >= 15 is 0 Å². The summed E-state index contributed by atoms with van der Waals surface area (Å²) in [4.78, 5) is 14.7. The predicted molar refractivity (Wildman–Crippen MR) is 55.9 cm³/mol. The summed E-state index contributed by atoms with van der Waals surface area (Å²) in [5, 5.41) is 28.4. The Balaban J connectivity index is 2.37. The highest BCUT2D eigenvalue weighted by atomic mass is 19.1. The lowest BCUT2D eigenvalue weighted by Gasteiger charge is -2.35. The smallest absolute Gasteiger partial charge is 0.351 e. The Kier molecular flexibility index (Phi) is 3.30. The number of aliphatic hydroxyl groups is 3. The van der Waals surface area contributed by atoms with Crippen molar-refractivity contribution in [3.63, 3.8) is 0 Å². The average Bonchev–Trinajstić information content (AvgIpc) is 2.32. The van der Waals surface area contributed by atoms with Crippen molar-refractivity contribution in [3.8, 4) is 0 Å². The normalized spacial score (nSPS) is 32.4. The molecular formula is C9H12FN3O5. The van der Waals surface area contributed by atoms with Crippen LogP contribution in [-0.4, -0.2) is 49.8 Å². The van der Waals surface area contributed by atoms with Crippen LogP contribution in [0.4, 0.5) is 10.2 Å². The van der Waals surface area contributed by atoms with Gasteiger partial charge in [-0.25, -0.2) is 9.18 Å². The van der Waals surface area contributed by atoms with E-state index in [0.29, 0.717) is 4.57 Å². The molecule has 1 aliphatic heterocycles. The largest absolute Gasteiger partial charge is 0.388 e. The first-order valence-corrected chi connectivity index (χ1v) is 5.11. The van der Waals surface area contributed by atoms with Gasteiger partial charge in [0.2, 0.25) is 0 Å². The number of aromatic nitrogens is 2. The first kappa shape index (κ1) is 12.9. The van der Waals surface area contributed by atoms with Crippen LogP contribution in [0.25, 0.3) is 0 Å². The number of ether oxygens (including phenoxy) is 1. The van der Waals surface area contributed by atoms with Gasteiger partial charge < -0.3 is 25.8 Å². The second-order valence-corrected chi connectivity index (χ2v) is 3.94. The Morgan fingerprint density at radius 3 is 2.78 bits per heavy atom. The van der Waals surface area contributed by atoms with Crippen LogP contribution in [0.1, 0.15) is 6.23 Å². The van der Waals surface area contributed by atoms with Gasteiger partial charge in [-0.1, -0.05) is 0 Å². The topological polar surface area (TPSA) is 131 Å². The van der Waals surface area contributed by atoms with Crippen molar-refractivity contribution in [2.45, 2.75) is 24.5 Å². The molecule has 1 aromatic rings.